The summed E-state index contributed by atoms with van der Waals surface area (Å²) >= 11 is 2.04. The Labute approximate surface area is 399 Å². The van der Waals surface area contributed by atoms with Crippen molar-refractivity contribution in [2.24, 2.45) is 0 Å². The molecule has 0 amide bonds. The number of fused-ring (bicyclic) bond motifs is 9. The molecular weight excluding hydrogens is 816 g/mol. The third kappa shape index (κ3) is 6.11. The molecule has 0 N–H and O–H groups in total. The van der Waals surface area contributed by atoms with E-state index in [0.717, 1.165) is 0 Å². The molecule has 0 saturated heterocycles. The highest BCUT2D eigenvalue weighted by molar-refractivity contribution is 7.26. The van der Waals surface area contributed by atoms with Crippen molar-refractivity contribution in [1.82, 2.24) is 0 Å². The zero-order valence-electron chi connectivity index (χ0n) is 41.6. The first-order chi connectivity index (χ1) is 31.2. The van der Waals surface area contributed by atoms with Crippen molar-refractivity contribution >= 4 is 78.0 Å². The van der Waals surface area contributed by atoms with Gasteiger partial charge < -0.3 is 9.80 Å². The Morgan fingerprint density at radius 3 is 1.52 bits per heavy atom. The number of hydrogen-bond donors (Lipinski definition) is 0. The van der Waals surface area contributed by atoms with Gasteiger partial charge in [0.15, 0.2) is 0 Å². The number of anilines is 6. The third-order valence-electron chi connectivity index (χ3n) is 17.6. The lowest BCUT2D eigenvalue weighted by Crippen LogP contribution is -2.61. The van der Waals surface area contributed by atoms with Crippen LogP contribution in [0.4, 0.5) is 33.4 Å². The SMILES string of the molecule is CC(C)(C)c1ccc(N2c3cc4c(cc3B3c5c2cc(-c2ccccc2)cc5N(c2ccc(C(C)(C)C)cc2)c2sc5cc6c(cc5c23)C2(C)CCC6(C)CC2)C(C)(C)CCC4(C)C)cc1. The van der Waals surface area contributed by atoms with Gasteiger partial charge in [0, 0.05) is 33.1 Å². The van der Waals surface area contributed by atoms with E-state index >= 15 is 0 Å². The van der Waals surface area contributed by atoms with Crippen LogP contribution in [-0.2, 0) is 32.5 Å². The van der Waals surface area contributed by atoms with Gasteiger partial charge in [0.25, 0.3) is 6.71 Å². The van der Waals surface area contributed by atoms with Gasteiger partial charge in [-0.05, 0) is 192 Å². The van der Waals surface area contributed by atoms with Gasteiger partial charge in [-0.3, -0.25) is 0 Å². The maximum Gasteiger partial charge on any atom is 0.254 e. The van der Waals surface area contributed by atoms with Crippen LogP contribution in [-0.4, -0.2) is 6.71 Å². The van der Waals surface area contributed by atoms with Gasteiger partial charge in [0.05, 0.1) is 5.00 Å². The molecule has 2 aliphatic heterocycles. The molecule has 1 aromatic heterocycles. The molecule has 1 saturated carbocycles. The van der Waals surface area contributed by atoms with E-state index in [0.29, 0.717) is 0 Å². The largest absolute Gasteiger partial charge is 0.311 e. The zero-order chi connectivity index (χ0) is 46.1. The summed E-state index contributed by atoms with van der Waals surface area (Å²) in [5.41, 5.74) is 22.9. The van der Waals surface area contributed by atoms with E-state index in [1.54, 1.807) is 11.1 Å². The van der Waals surface area contributed by atoms with Gasteiger partial charge in [0.1, 0.15) is 0 Å². The van der Waals surface area contributed by atoms with Crippen LogP contribution >= 0.6 is 11.3 Å². The minimum atomic E-state index is 0.0527. The zero-order valence-corrected chi connectivity index (χ0v) is 42.4. The van der Waals surface area contributed by atoms with Crippen molar-refractivity contribution < 1.29 is 0 Å². The summed E-state index contributed by atoms with van der Waals surface area (Å²) in [5.74, 6) is 0. The van der Waals surface area contributed by atoms with Crippen LogP contribution in [0.5, 0.6) is 0 Å². The molecule has 4 heteroatoms. The fourth-order valence-corrected chi connectivity index (χ4v) is 14.4. The molecule has 4 aliphatic carbocycles. The average molecular weight is 883 g/mol. The first-order valence-corrected chi connectivity index (χ1v) is 25.8. The van der Waals surface area contributed by atoms with Gasteiger partial charge >= 0.3 is 0 Å². The topological polar surface area (TPSA) is 6.48 Å². The molecule has 6 aromatic carbocycles. The molecule has 0 radical (unpaired) electrons. The Morgan fingerprint density at radius 1 is 0.470 bits per heavy atom. The second-order valence-electron chi connectivity index (χ2n) is 25.1. The fourth-order valence-electron chi connectivity index (χ4n) is 13.1. The molecule has 334 valence electrons. The quantitative estimate of drug-likeness (QED) is 0.163. The van der Waals surface area contributed by atoms with Crippen LogP contribution in [0.15, 0.2) is 115 Å². The molecule has 0 unspecified atom stereocenters. The summed E-state index contributed by atoms with van der Waals surface area (Å²) < 4.78 is 1.44. The summed E-state index contributed by atoms with van der Waals surface area (Å²) in [6.45, 7) is 29.1. The smallest absolute Gasteiger partial charge is 0.254 e. The molecular formula is C62H67BN2S. The first-order valence-electron chi connectivity index (χ1n) is 25.0. The number of thiophene rings is 1. The monoisotopic (exact) mass is 883 g/mol. The Hall–Kier alpha value is -5.06. The van der Waals surface area contributed by atoms with Crippen molar-refractivity contribution in [1.29, 1.82) is 0 Å². The molecule has 6 aliphatic rings. The van der Waals surface area contributed by atoms with Crippen LogP contribution in [0, 0.1) is 0 Å². The van der Waals surface area contributed by atoms with Crippen LogP contribution in [0.1, 0.15) is 155 Å². The Balaban J connectivity index is 1.23. The summed E-state index contributed by atoms with van der Waals surface area (Å²) in [7, 11) is 0. The third-order valence-corrected chi connectivity index (χ3v) is 18.8. The van der Waals surface area contributed by atoms with Gasteiger partial charge in [-0.2, -0.15) is 0 Å². The van der Waals surface area contributed by atoms with Crippen molar-refractivity contribution in [2.75, 3.05) is 9.80 Å². The van der Waals surface area contributed by atoms with Gasteiger partial charge in [-0.15, -0.1) is 11.3 Å². The highest BCUT2D eigenvalue weighted by atomic mass is 32.1. The lowest BCUT2D eigenvalue weighted by molar-refractivity contribution is 0.188. The van der Waals surface area contributed by atoms with E-state index in [2.05, 4.69) is 208 Å². The normalized spacial score (nSPS) is 22.2. The van der Waals surface area contributed by atoms with Crippen LogP contribution < -0.4 is 26.2 Å². The molecule has 1 fully saturated rings. The number of nitrogens with zero attached hydrogens (tertiary/aromatic N) is 2. The lowest BCUT2D eigenvalue weighted by Gasteiger charge is -2.52. The molecule has 0 spiro atoms. The second-order valence-corrected chi connectivity index (χ2v) is 26.1. The van der Waals surface area contributed by atoms with Gasteiger partial charge in [-0.1, -0.05) is 144 Å². The van der Waals surface area contributed by atoms with Crippen molar-refractivity contribution in [3.8, 4) is 11.1 Å². The predicted molar refractivity (Wildman–Crippen MR) is 287 cm³/mol. The van der Waals surface area contributed by atoms with Crippen molar-refractivity contribution in [3.63, 3.8) is 0 Å². The Morgan fingerprint density at radius 2 is 0.970 bits per heavy atom. The van der Waals surface area contributed by atoms with Crippen molar-refractivity contribution in [3.05, 3.63) is 149 Å². The number of hydrogen-bond acceptors (Lipinski definition) is 3. The Kier molecular flexibility index (Phi) is 8.83. The molecule has 13 rings (SSSR count). The van der Waals surface area contributed by atoms with E-state index in [-0.39, 0.29) is 39.2 Å². The van der Waals surface area contributed by atoms with Crippen LogP contribution in [0.2, 0.25) is 0 Å². The molecule has 0 atom stereocenters. The number of rotatable bonds is 3. The molecule has 3 heterocycles. The van der Waals surface area contributed by atoms with E-state index in [9.17, 15) is 0 Å². The molecule has 2 nitrogen and oxygen atoms in total. The van der Waals surface area contributed by atoms with E-state index in [4.69, 9.17) is 0 Å². The van der Waals surface area contributed by atoms with Crippen LogP contribution in [0.3, 0.4) is 0 Å². The summed E-state index contributed by atoms with van der Waals surface area (Å²) in [6.07, 6.45) is 7.50. The first kappa shape index (κ1) is 42.3. The minimum absolute atomic E-state index is 0.0527. The summed E-state index contributed by atoms with van der Waals surface area (Å²) in [4.78, 5) is 5.35. The predicted octanol–water partition coefficient (Wildman–Crippen LogP) is 15.7. The maximum absolute atomic E-state index is 2.73. The standard InChI is InChI=1S/C62H67BN2S/c1-57(2,3)40-18-22-42(23-19-40)64-50-36-46-45(59(7,8)26-27-60(46,9)10)35-49(50)63-54-44-34-47-48(62(12)30-28-61(47,11)29-31-62)37-53(44)66-56(54)65(43-24-20-41(21-25-43)58(4,5)6)52-33-39(32-51(64)55(52)63)38-16-14-13-15-17-38/h13-25,32-37H,26-31H2,1-12H3. The van der Waals surface area contributed by atoms with Crippen LogP contribution in [0.25, 0.3) is 21.2 Å². The highest BCUT2D eigenvalue weighted by Gasteiger charge is 2.51. The average Bonchev–Trinajstić information content (AvgIpc) is 3.65. The summed E-state index contributed by atoms with van der Waals surface area (Å²) in [5, 5.41) is 2.83. The minimum Gasteiger partial charge on any atom is -0.311 e. The maximum atomic E-state index is 2.73. The molecule has 66 heavy (non-hydrogen) atoms. The fraction of sp³-hybridized carbons (Fsp3) is 0.387. The number of benzene rings is 6. The molecule has 7 aromatic rings. The van der Waals surface area contributed by atoms with Gasteiger partial charge in [0.2, 0.25) is 0 Å². The van der Waals surface area contributed by atoms with Crippen molar-refractivity contribution in [2.45, 2.75) is 154 Å². The Bertz CT molecular complexity index is 3130. The lowest BCUT2D eigenvalue weighted by atomic mass is 9.33. The van der Waals surface area contributed by atoms with E-state index in [1.165, 1.54) is 132 Å². The highest BCUT2D eigenvalue weighted by Crippen LogP contribution is 2.59. The van der Waals surface area contributed by atoms with Gasteiger partial charge in [-0.25, -0.2) is 0 Å². The van der Waals surface area contributed by atoms with E-state index < -0.39 is 0 Å². The second kappa shape index (κ2) is 13.8. The van der Waals surface area contributed by atoms with E-state index in [1.807, 2.05) is 11.3 Å². The molecule has 2 bridgehead atoms. The summed E-state index contributed by atoms with van der Waals surface area (Å²) in [6, 6.07) is 46.1.